The van der Waals surface area contributed by atoms with Crippen molar-refractivity contribution < 1.29 is 9.53 Å². The number of amides is 1. The van der Waals surface area contributed by atoms with Gasteiger partial charge in [-0.1, -0.05) is 13.8 Å². The molecule has 0 aromatic heterocycles. The summed E-state index contributed by atoms with van der Waals surface area (Å²) in [6.07, 6.45) is 2.46. The second-order valence-corrected chi connectivity index (χ2v) is 3.96. The Morgan fingerprint density at radius 1 is 1.50 bits per heavy atom. The molecule has 1 aliphatic heterocycles. The number of carbonyl (C=O) groups excluding carboxylic acids is 1. The van der Waals surface area contributed by atoms with Gasteiger partial charge in [-0.2, -0.15) is 0 Å². The maximum atomic E-state index is 11.4. The quantitative estimate of drug-likeness (QED) is 0.745. The number of rotatable bonds is 4. The van der Waals surface area contributed by atoms with Crippen LogP contribution >= 0.6 is 0 Å². The van der Waals surface area contributed by atoms with Crippen LogP contribution < -0.4 is 5.73 Å². The Labute approximate surface area is 85.4 Å². The largest absolute Gasteiger partial charge is 0.449 e. The Balaban J connectivity index is 2.52. The van der Waals surface area contributed by atoms with E-state index in [2.05, 4.69) is 13.8 Å². The molecule has 0 aliphatic carbocycles. The fourth-order valence-electron chi connectivity index (χ4n) is 1.59. The summed E-state index contributed by atoms with van der Waals surface area (Å²) < 4.78 is 4.96. The number of ether oxygens (including phenoxy) is 1. The van der Waals surface area contributed by atoms with Crippen LogP contribution in [0.25, 0.3) is 0 Å². The molecule has 0 aromatic carbocycles. The fraction of sp³-hybridized carbons (Fsp3) is 0.900. The minimum atomic E-state index is -0.254. The normalized spacial score (nSPS) is 18.2. The van der Waals surface area contributed by atoms with Crippen molar-refractivity contribution in [3.05, 3.63) is 0 Å². The fourth-order valence-corrected chi connectivity index (χ4v) is 1.59. The molecular weight excluding hydrogens is 180 g/mol. The lowest BCUT2D eigenvalue weighted by Gasteiger charge is -2.35. The van der Waals surface area contributed by atoms with Crippen molar-refractivity contribution in [3.63, 3.8) is 0 Å². The molecule has 0 radical (unpaired) electrons. The first-order chi connectivity index (χ1) is 6.61. The highest BCUT2D eigenvalue weighted by atomic mass is 16.6. The number of nitrogens with two attached hydrogens (primary N) is 1. The maximum Gasteiger partial charge on any atom is 0.409 e. The SMILES string of the molecule is CCC(N)(CC)CN1CCCOC1=O. The second-order valence-electron chi connectivity index (χ2n) is 3.96. The van der Waals surface area contributed by atoms with Crippen molar-refractivity contribution in [3.8, 4) is 0 Å². The summed E-state index contributed by atoms with van der Waals surface area (Å²) in [5.41, 5.74) is 5.89. The van der Waals surface area contributed by atoms with Gasteiger partial charge in [0, 0.05) is 18.6 Å². The zero-order valence-corrected chi connectivity index (χ0v) is 9.08. The Morgan fingerprint density at radius 3 is 2.64 bits per heavy atom. The van der Waals surface area contributed by atoms with Crippen molar-refractivity contribution in [1.29, 1.82) is 0 Å². The molecule has 1 rings (SSSR count). The highest BCUT2D eigenvalue weighted by Crippen LogP contribution is 2.16. The van der Waals surface area contributed by atoms with Crippen LogP contribution in [-0.2, 0) is 4.74 Å². The van der Waals surface area contributed by atoms with Crippen molar-refractivity contribution in [2.45, 2.75) is 38.6 Å². The van der Waals surface area contributed by atoms with Gasteiger partial charge in [-0.05, 0) is 19.3 Å². The van der Waals surface area contributed by atoms with Gasteiger partial charge in [-0.3, -0.25) is 0 Å². The third-order valence-corrected chi connectivity index (χ3v) is 2.97. The Kier molecular flexibility index (Phi) is 3.75. The molecule has 4 heteroatoms. The highest BCUT2D eigenvalue weighted by molar-refractivity contribution is 5.68. The summed E-state index contributed by atoms with van der Waals surface area (Å²) in [6.45, 7) is 6.04. The van der Waals surface area contributed by atoms with E-state index in [0.717, 1.165) is 25.8 Å². The molecule has 14 heavy (non-hydrogen) atoms. The van der Waals surface area contributed by atoms with E-state index in [-0.39, 0.29) is 11.6 Å². The predicted molar refractivity (Wildman–Crippen MR) is 55.0 cm³/mol. The van der Waals surface area contributed by atoms with Gasteiger partial charge in [0.05, 0.1) is 6.61 Å². The van der Waals surface area contributed by atoms with Gasteiger partial charge in [0.15, 0.2) is 0 Å². The molecule has 1 aliphatic rings. The molecular formula is C10H20N2O2. The average Bonchev–Trinajstić information content (AvgIpc) is 2.21. The summed E-state index contributed by atoms with van der Waals surface area (Å²) in [5, 5.41) is 0. The summed E-state index contributed by atoms with van der Waals surface area (Å²) in [7, 11) is 0. The first-order valence-electron chi connectivity index (χ1n) is 5.32. The second kappa shape index (κ2) is 4.64. The highest BCUT2D eigenvalue weighted by Gasteiger charge is 2.28. The molecule has 0 unspecified atom stereocenters. The summed E-state index contributed by atoms with van der Waals surface area (Å²) in [6, 6.07) is 0. The zero-order chi connectivity index (χ0) is 10.6. The molecule has 2 N–H and O–H groups in total. The molecule has 1 heterocycles. The number of cyclic esters (lactones) is 1. The number of hydrogen-bond donors (Lipinski definition) is 1. The lowest BCUT2D eigenvalue weighted by molar-refractivity contribution is 0.0623. The number of hydrogen-bond acceptors (Lipinski definition) is 3. The molecule has 0 atom stereocenters. The Morgan fingerprint density at radius 2 is 2.14 bits per heavy atom. The van der Waals surface area contributed by atoms with Crippen LogP contribution in [0.3, 0.4) is 0 Å². The van der Waals surface area contributed by atoms with Gasteiger partial charge in [-0.15, -0.1) is 0 Å². The Bertz CT molecular complexity index is 202. The summed E-state index contributed by atoms with van der Waals surface area (Å²) in [5.74, 6) is 0. The topological polar surface area (TPSA) is 55.6 Å². The number of carbonyl (C=O) groups is 1. The molecule has 1 fully saturated rings. The third-order valence-electron chi connectivity index (χ3n) is 2.97. The van der Waals surface area contributed by atoms with E-state index in [1.165, 1.54) is 0 Å². The third kappa shape index (κ3) is 2.61. The Hall–Kier alpha value is -0.770. The van der Waals surface area contributed by atoms with E-state index in [1.54, 1.807) is 4.90 Å². The van der Waals surface area contributed by atoms with E-state index in [9.17, 15) is 4.79 Å². The smallest absolute Gasteiger partial charge is 0.409 e. The van der Waals surface area contributed by atoms with Gasteiger partial charge in [0.2, 0.25) is 0 Å². The van der Waals surface area contributed by atoms with Gasteiger partial charge in [0.1, 0.15) is 0 Å². The van der Waals surface area contributed by atoms with E-state index in [0.29, 0.717) is 13.2 Å². The van der Waals surface area contributed by atoms with Crippen LogP contribution in [0.1, 0.15) is 33.1 Å². The lowest BCUT2D eigenvalue weighted by Crippen LogP contribution is -2.52. The average molecular weight is 200 g/mol. The predicted octanol–water partition coefficient (Wildman–Crippen LogP) is 1.35. The molecule has 0 spiro atoms. The maximum absolute atomic E-state index is 11.4. The van der Waals surface area contributed by atoms with Gasteiger partial charge < -0.3 is 15.4 Å². The standard InChI is InChI=1S/C10H20N2O2/c1-3-10(11,4-2)8-12-6-5-7-14-9(12)13/h3-8,11H2,1-2H3. The van der Waals surface area contributed by atoms with Crippen LogP contribution in [0.2, 0.25) is 0 Å². The molecule has 4 nitrogen and oxygen atoms in total. The molecule has 82 valence electrons. The van der Waals surface area contributed by atoms with E-state index >= 15 is 0 Å². The van der Waals surface area contributed by atoms with Crippen LogP contribution in [0.4, 0.5) is 4.79 Å². The van der Waals surface area contributed by atoms with Gasteiger partial charge in [0.25, 0.3) is 0 Å². The summed E-state index contributed by atoms with van der Waals surface area (Å²) >= 11 is 0. The lowest BCUT2D eigenvalue weighted by atomic mass is 9.93. The van der Waals surface area contributed by atoms with Crippen LogP contribution in [0.5, 0.6) is 0 Å². The molecule has 1 saturated heterocycles. The van der Waals surface area contributed by atoms with E-state index < -0.39 is 0 Å². The van der Waals surface area contributed by atoms with Crippen LogP contribution in [0.15, 0.2) is 0 Å². The molecule has 0 aromatic rings. The van der Waals surface area contributed by atoms with Crippen LogP contribution in [-0.4, -0.2) is 36.2 Å². The van der Waals surface area contributed by atoms with Crippen molar-refractivity contribution >= 4 is 6.09 Å². The minimum absolute atomic E-state index is 0.215. The molecule has 1 amide bonds. The first kappa shape index (κ1) is 11.3. The van der Waals surface area contributed by atoms with E-state index in [4.69, 9.17) is 10.5 Å². The van der Waals surface area contributed by atoms with Crippen molar-refractivity contribution in [2.75, 3.05) is 19.7 Å². The minimum Gasteiger partial charge on any atom is -0.449 e. The van der Waals surface area contributed by atoms with Gasteiger partial charge >= 0.3 is 6.09 Å². The number of nitrogens with zero attached hydrogens (tertiary/aromatic N) is 1. The summed E-state index contributed by atoms with van der Waals surface area (Å²) in [4.78, 5) is 13.1. The molecule has 0 bridgehead atoms. The first-order valence-corrected chi connectivity index (χ1v) is 5.32. The molecule has 0 saturated carbocycles. The van der Waals surface area contributed by atoms with Crippen molar-refractivity contribution in [2.24, 2.45) is 5.73 Å². The van der Waals surface area contributed by atoms with Gasteiger partial charge in [-0.25, -0.2) is 4.79 Å². The van der Waals surface area contributed by atoms with Crippen molar-refractivity contribution in [1.82, 2.24) is 4.90 Å². The van der Waals surface area contributed by atoms with Crippen LogP contribution in [0, 0.1) is 0 Å². The monoisotopic (exact) mass is 200 g/mol. The zero-order valence-electron chi connectivity index (χ0n) is 9.08. The van der Waals surface area contributed by atoms with E-state index in [1.807, 2.05) is 0 Å².